The number of hydrogen-bond donors (Lipinski definition) is 2. The van der Waals surface area contributed by atoms with E-state index in [1.807, 2.05) is 19.1 Å². The predicted molar refractivity (Wildman–Crippen MR) is 76.3 cm³/mol. The summed E-state index contributed by atoms with van der Waals surface area (Å²) in [5.41, 5.74) is 7.28. The molecule has 5 nitrogen and oxygen atoms in total. The first-order valence-corrected chi connectivity index (χ1v) is 6.57. The normalized spacial score (nSPS) is 11.9. The molecule has 0 fully saturated rings. The average molecular weight is 277 g/mol. The lowest BCUT2D eigenvalue weighted by Gasteiger charge is -2.13. The van der Waals surface area contributed by atoms with Crippen LogP contribution >= 0.6 is 11.3 Å². The minimum absolute atomic E-state index is 0.0808. The molecule has 6 heteroatoms. The lowest BCUT2D eigenvalue weighted by molar-refractivity contribution is 0.0607. The van der Waals surface area contributed by atoms with Gasteiger partial charge in [-0.15, -0.1) is 11.3 Å². The van der Waals surface area contributed by atoms with E-state index in [0.29, 0.717) is 10.6 Å². The molecule has 0 saturated heterocycles. The van der Waals surface area contributed by atoms with Crippen LogP contribution in [0.2, 0.25) is 0 Å². The molecule has 0 aliphatic carbocycles. The van der Waals surface area contributed by atoms with Crippen molar-refractivity contribution in [1.29, 1.82) is 0 Å². The Morgan fingerprint density at radius 2 is 2.37 bits per heavy atom. The number of nitrogens with one attached hydrogen (secondary N) is 1. The van der Waals surface area contributed by atoms with E-state index in [0.717, 1.165) is 10.6 Å². The molecule has 0 aliphatic heterocycles. The standard InChI is InChI=1S/C13H15N3O2S/c1-8(9-4-3-5-15-7-9)16-11-6-10(14)12(19-11)13(17)18-2/h3-8,16H,14H2,1-2H3. The zero-order chi connectivity index (χ0) is 13.8. The van der Waals surface area contributed by atoms with Crippen molar-refractivity contribution in [3.8, 4) is 0 Å². The third kappa shape index (κ3) is 3.03. The summed E-state index contributed by atoms with van der Waals surface area (Å²) in [5.74, 6) is -0.412. The van der Waals surface area contributed by atoms with Crippen LogP contribution in [0, 0.1) is 0 Å². The fourth-order valence-corrected chi connectivity index (χ4v) is 2.64. The molecular formula is C13H15N3O2S. The molecule has 2 rings (SSSR count). The van der Waals surface area contributed by atoms with Crippen LogP contribution in [0.5, 0.6) is 0 Å². The van der Waals surface area contributed by atoms with Crippen molar-refractivity contribution in [1.82, 2.24) is 4.98 Å². The largest absolute Gasteiger partial charge is 0.465 e. The molecule has 0 amide bonds. The van der Waals surface area contributed by atoms with E-state index in [4.69, 9.17) is 5.73 Å². The fourth-order valence-electron chi connectivity index (χ4n) is 1.66. The number of aromatic nitrogens is 1. The minimum Gasteiger partial charge on any atom is -0.465 e. The number of anilines is 2. The zero-order valence-electron chi connectivity index (χ0n) is 10.7. The van der Waals surface area contributed by atoms with Crippen LogP contribution in [-0.4, -0.2) is 18.1 Å². The summed E-state index contributed by atoms with van der Waals surface area (Å²) in [6.45, 7) is 2.02. The summed E-state index contributed by atoms with van der Waals surface area (Å²) in [6.07, 6.45) is 3.53. The van der Waals surface area contributed by atoms with Gasteiger partial charge >= 0.3 is 5.97 Å². The van der Waals surface area contributed by atoms with Gasteiger partial charge in [-0.25, -0.2) is 4.79 Å². The van der Waals surface area contributed by atoms with E-state index < -0.39 is 5.97 Å². The van der Waals surface area contributed by atoms with Gasteiger partial charge in [-0.1, -0.05) is 6.07 Å². The van der Waals surface area contributed by atoms with E-state index in [9.17, 15) is 4.79 Å². The van der Waals surface area contributed by atoms with Crippen LogP contribution in [-0.2, 0) is 4.74 Å². The molecule has 2 heterocycles. The molecule has 0 spiro atoms. The van der Waals surface area contributed by atoms with Gasteiger partial charge in [0.25, 0.3) is 0 Å². The Morgan fingerprint density at radius 3 is 3.00 bits per heavy atom. The SMILES string of the molecule is COC(=O)c1sc(NC(C)c2cccnc2)cc1N. The van der Waals surface area contributed by atoms with Crippen molar-refractivity contribution in [3.63, 3.8) is 0 Å². The summed E-state index contributed by atoms with van der Waals surface area (Å²) < 4.78 is 4.67. The van der Waals surface area contributed by atoms with Gasteiger partial charge < -0.3 is 15.8 Å². The van der Waals surface area contributed by atoms with E-state index in [1.165, 1.54) is 18.4 Å². The molecule has 2 aromatic rings. The maximum atomic E-state index is 11.5. The van der Waals surface area contributed by atoms with Gasteiger partial charge in [-0.05, 0) is 24.6 Å². The number of thiophene rings is 1. The van der Waals surface area contributed by atoms with Gasteiger partial charge in [0.05, 0.1) is 23.8 Å². The molecule has 100 valence electrons. The molecule has 0 aromatic carbocycles. The molecule has 1 atom stereocenters. The Morgan fingerprint density at radius 1 is 1.58 bits per heavy atom. The first-order valence-electron chi connectivity index (χ1n) is 5.76. The topological polar surface area (TPSA) is 77.2 Å². The number of esters is 1. The lowest BCUT2D eigenvalue weighted by Crippen LogP contribution is -2.05. The van der Waals surface area contributed by atoms with Crippen LogP contribution in [0.3, 0.4) is 0 Å². The molecule has 0 radical (unpaired) electrons. The van der Waals surface area contributed by atoms with Gasteiger partial charge in [0.1, 0.15) is 4.88 Å². The second-order valence-corrected chi connectivity index (χ2v) is 5.09. The third-order valence-corrected chi connectivity index (χ3v) is 3.74. The highest BCUT2D eigenvalue weighted by atomic mass is 32.1. The second kappa shape index (κ2) is 5.71. The Bertz CT molecular complexity index is 569. The van der Waals surface area contributed by atoms with Crippen molar-refractivity contribution >= 4 is 28.0 Å². The lowest BCUT2D eigenvalue weighted by atomic mass is 10.1. The number of nitrogen functional groups attached to an aromatic ring is 1. The number of methoxy groups -OCH3 is 1. The Labute approximate surface area is 115 Å². The van der Waals surface area contributed by atoms with Crippen molar-refractivity contribution in [2.24, 2.45) is 0 Å². The van der Waals surface area contributed by atoms with Gasteiger partial charge in [0.2, 0.25) is 0 Å². The smallest absolute Gasteiger partial charge is 0.350 e. The van der Waals surface area contributed by atoms with Gasteiger partial charge in [0.15, 0.2) is 0 Å². The first kappa shape index (κ1) is 13.4. The van der Waals surface area contributed by atoms with Crippen LogP contribution < -0.4 is 11.1 Å². The van der Waals surface area contributed by atoms with Crippen LogP contribution in [0.4, 0.5) is 10.7 Å². The summed E-state index contributed by atoms with van der Waals surface area (Å²) >= 11 is 1.28. The van der Waals surface area contributed by atoms with Crippen LogP contribution in [0.25, 0.3) is 0 Å². The minimum atomic E-state index is -0.412. The Kier molecular flexibility index (Phi) is 4.01. The predicted octanol–water partition coefficient (Wildman–Crippen LogP) is 2.69. The van der Waals surface area contributed by atoms with Crippen LogP contribution in [0.1, 0.15) is 28.2 Å². The summed E-state index contributed by atoms with van der Waals surface area (Å²) in [5, 5.41) is 4.12. The van der Waals surface area contributed by atoms with Crippen molar-refractivity contribution < 1.29 is 9.53 Å². The van der Waals surface area contributed by atoms with Gasteiger partial charge in [-0.3, -0.25) is 4.98 Å². The van der Waals surface area contributed by atoms with Crippen molar-refractivity contribution in [3.05, 3.63) is 41.0 Å². The molecule has 0 saturated carbocycles. The highest BCUT2D eigenvalue weighted by Gasteiger charge is 2.16. The molecule has 1 unspecified atom stereocenters. The van der Waals surface area contributed by atoms with Crippen molar-refractivity contribution in [2.75, 3.05) is 18.2 Å². The summed E-state index contributed by atoms with van der Waals surface area (Å²) in [4.78, 5) is 16.0. The van der Waals surface area contributed by atoms with Crippen LogP contribution in [0.15, 0.2) is 30.6 Å². The molecule has 3 N–H and O–H groups in total. The summed E-state index contributed by atoms with van der Waals surface area (Å²) in [6, 6.07) is 5.69. The molecule has 0 aliphatic rings. The maximum Gasteiger partial charge on any atom is 0.350 e. The highest BCUT2D eigenvalue weighted by molar-refractivity contribution is 7.18. The summed E-state index contributed by atoms with van der Waals surface area (Å²) in [7, 11) is 1.34. The number of hydrogen-bond acceptors (Lipinski definition) is 6. The van der Waals surface area contributed by atoms with Gasteiger partial charge in [-0.2, -0.15) is 0 Å². The molecule has 2 aromatic heterocycles. The molecular weight excluding hydrogens is 262 g/mol. The van der Waals surface area contributed by atoms with Crippen molar-refractivity contribution in [2.45, 2.75) is 13.0 Å². The second-order valence-electron chi connectivity index (χ2n) is 4.04. The number of nitrogens with two attached hydrogens (primary N) is 1. The number of nitrogens with zero attached hydrogens (tertiary/aromatic N) is 1. The Balaban J connectivity index is 2.14. The fraction of sp³-hybridized carbons (Fsp3) is 0.231. The maximum absolute atomic E-state index is 11.5. The number of ether oxygens (including phenoxy) is 1. The highest BCUT2D eigenvalue weighted by Crippen LogP contribution is 2.32. The number of rotatable bonds is 4. The monoisotopic (exact) mass is 277 g/mol. The average Bonchev–Trinajstić information content (AvgIpc) is 2.79. The van der Waals surface area contributed by atoms with Gasteiger partial charge in [0, 0.05) is 12.4 Å². The zero-order valence-corrected chi connectivity index (χ0v) is 11.5. The molecule has 0 bridgehead atoms. The first-order chi connectivity index (χ1) is 9.11. The molecule has 19 heavy (non-hydrogen) atoms. The number of carbonyl (C=O) groups excluding carboxylic acids is 1. The Hall–Kier alpha value is -2.08. The van der Waals surface area contributed by atoms with E-state index in [-0.39, 0.29) is 6.04 Å². The third-order valence-electron chi connectivity index (χ3n) is 2.67. The number of pyridine rings is 1. The van der Waals surface area contributed by atoms with E-state index in [1.54, 1.807) is 18.5 Å². The van der Waals surface area contributed by atoms with E-state index in [2.05, 4.69) is 15.0 Å². The number of carbonyl (C=O) groups is 1. The van der Waals surface area contributed by atoms with E-state index >= 15 is 0 Å². The quantitative estimate of drug-likeness (QED) is 0.840.